The molecule has 4 heteroatoms. The van der Waals surface area contributed by atoms with Crippen LogP contribution in [0.1, 0.15) is 18.4 Å². The zero-order valence-corrected chi connectivity index (χ0v) is 12.2. The van der Waals surface area contributed by atoms with E-state index in [1.807, 2.05) is 12.1 Å². The summed E-state index contributed by atoms with van der Waals surface area (Å²) in [6.07, 6.45) is 3.70. The Morgan fingerprint density at radius 3 is 3.11 bits per heavy atom. The number of nitrogens with one attached hydrogen (secondary N) is 1. The molecule has 2 aliphatic rings. The van der Waals surface area contributed by atoms with Crippen LogP contribution in [0.2, 0.25) is 0 Å². The molecule has 0 unspecified atom stereocenters. The van der Waals surface area contributed by atoms with Crippen molar-refractivity contribution >= 4 is 11.8 Å². The molecule has 0 aromatic heterocycles. The highest BCUT2D eigenvalue weighted by molar-refractivity contribution is 7.99. The number of benzene rings is 1. The molecular weight excluding hydrogens is 258 g/mol. The molecule has 1 N–H and O–H groups in total. The maximum absolute atomic E-state index is 5.87. The van der Waals surface area contributed by atoms with Gasteiger partial charge >= 0.3 is 0 Å². The van der Waals surface area contributed by atoms with Gasteiger partial charge in [0.2, 0.25) is 0 Å². The lowest BCUT2D eigenvalue weighted by Crippen LogP contribution is -2.46. The predicted molar refractivity (Wildman–Crippen MR) is 79.5 cm³/mol. The van der Waals surface area contributed by atoms with E-state index in [0.29, 0.717) is 12.1 Å². The Morgan fingerprint density at radius 2 is 2.32 bits per heavy atom. The van der Waals surface area contributed by atoms with Crippen LogP contribution in [0.3, 0.4) is 0 Å². The molecule has 2 atom stereocenters. The number of methoxy groups -OCH3 is 1. The summed E-state index contributed by atoms with van der Waals surface area (Å²) >= 11 is 2.06. The fourth-order valence-electron chi connectivity index (χ4n) is 2.79. The van der Waals surface area contributed by atoms with Crippen LogP contribution in [0.4, 0.5) is 0 Å². The monoisotopic (exact) mass is 279 g/mol. The van der Waals surface area contributed by atoms with Crippen LogP contribution in [-0.4, -0.2) is 37.3 Å². The zero-order chi connectivity index (χ0) is 13.1. The molecule has 0 saturated carbocycles. The Morgan fingerprint density at radius 1 is 1.37 bits per heavy atom. The maximum atomic E-state index is 5.87. The molecule has 3 nitrogen and oxygen atoms in total. The van der Waals surface area contributed by atoms with E-state index in [1.54, 1.807) is 7.11 Å². The van der Waals surface area contributed by atoms with Gasteiger partial charge in [0.25, 0.3) is 0 Å². The first-order valence-electron chi connectivity index (χ1n) is 6.98. The highest BCUT2D eigenvalue weighted by Gasteiger charge is 2.23. The second kappa shape index (κ2) is 6.06. The van der Waals surface area contributed by atoms with E-state index in [4.69, 9.17) is 9.47 Å². The Kier molecular flexibility index (Phi) is 4.18. The molecule has 1 aromatic carbocycles. The summed E-state index contributed by atoms with van der Waals surface area (Å²) in [5, 5.41) is 3.75. The largest absolute Gasteiger partial charge is 0.497 e. The first-order chi connectivity index (χ1) is 9.35. The summed E-state index contributed by atoms with van der Waals surface area (Å²) in [7, 11) is 1.69. The third-order valence-electron chi connectivity index (χ3n) is 3.81. The van der Waals surface area contributed by atoms with Crippen LogP contribution >= 0.6 is 11.8 Å². The third-order valence-corrected chi connectivity index (χ3v) is 5.03. The zero-order valence-electron chi connectivity index (χ0n) is 11.4. The van der Waals surface area contributed by atoms with E-state index in [1.165, 1.54) is 29.9 Å². The van der Waals surface area contributed by atoms with Crippen LogP contribution < -0.4 is 14.8 Å². The maximum Gasteiger partial charge on any atom is 0.126 e. The molecular formula is C15H21NO2S. The van der Waals surface area contributed by atoms with Gasteiger partial charge in [-0.3, -0.25) is 0 Å². The Hall–Kier alpha value is -0.870. The van der Waals surface area contributed by atoms with Crippen LogP contribution in [0.15, 0.2) is 18.2 Å². The van der Waals surface area contributed by atoms with Gasteiger partial charge in [-0.15, -0.1) is 0 Å². The molecule has 0 radical (unpaired) electrons. The van der Waals surface area contributed by atoms with Crippen molar-refractivity contribution < 1.29 is 9.47 Å². The molecule has 2 heterocycles. The Bertz CT molecular complexity index is 432. The van der Waals surface area contributed by atoms with Crippen LogP contribution in [0.25, 0.3) is 0 Å². The molecule has 1 aromatic rings. The number of thioether (sulfide) groups is 1. The second-order valence-corrected chi connectivity index (χ2v) is 6.42. The minimum Gasteiger partial charge on any atom is -0.497 e. The van der Waals surface area contributed by atoms with E-state index >= 15 is 0 Å². The highest BCUT2D eigenvalue weighted by atomic mass is 32.2. The smallest absolute Gasteiger partial charge is 0.126 e. The molecule has 0 spiro atoms. The summed E-state index contributed by atoms with van der Waals surface area (Å²) < 4.78 is 11.1. The number of fused-ring (bicyclic) bond motifs is 1. The lowest BCUT2D eigenvalue weighted by molar-refractivity contribution is 0.226. The Balaban J connectivity index is 1.61. The van der Waals surface area contributed by atoms with Crippen molar-refractivity contribution in [1.29, 1.82) is 0 Å². The average Bonchev–Trinajstić information content (AvgIpc) is 2.48. The topological polar surface area (TPSA) is 30.5 Å². The first-order valence-corrected chi connectivity index (χ1v) is 8.14. The van der Waals surface area contributed by atoms with Gasteiger partial charge in [0.15, 0.2) is 0 Å². The van der Waals surface area contributed by atoms with Gasteiger partial charge in [0.1, 0.15) is 18.1 Å². The van der Waals surface area contributed by atoms with Crippen molar-refractivity contribution in [2.24, 2.45) is 0 Å². The van der Waals surface area contributed by atoms with Crippen molar-refractivity contribution in [3.8, 4) is 11.5 Å². The van der Waals surface area contributed by atoms with E-state index in [2.05, 4.69) is 23.1 Å². The van der Waals surface area contributed by atoms with Gasteiger partial charge in [0, 0.05) is 23.9 Å². The van der Waals surface area contributed by atoms with Crippen molar-refractivity contribution in [2.45, 2.75) is 31.3 Å². The normalized spacial score (nSPS) is 26.4. The van der Waals surface area contributed by atoms with Gasteiger partial charge < -0.3 is 14.8 Å². The average molecular weight is 279 g/mol. The summed E-state index contributed by atoms with van der Waals surface area (Å²) in [6.45, 7) is 0.765. The first kappa shape index (κ1) is 13.1. The lowest BCUT2D eigenvalue weighted by Gasteiger charge is -2.31. The van der Waals surface area contributed by atoms with Crippen LogP contribution in [0, 0.1) is 0 Å². The molecule has 0 amide bonds. The number of hydrogen-bond donors (Lipinski definition) is 1. The van der Waals surface area contributed by atoms with E-state index in [9.17, 15) is 0 Å². The minimum absolute atomic E-state index is 0.449. The molecule has 2 aliphatic heterocycles. The van der Waals surface area contributed by atoms with Gasteiger partial charge in [-0.05, 0) is 36.6 Å². The molecule has 0 bridgehead atoms. The van der Waals surface area contributed by atoms with Crippen molar-refractivity contribution in [3.63, 3.8) is 0 Å². The lowest BCUT2D eigenvalue weighted by atomic mass is 10.0. The fourth-order valence-corrected chi connectivity index (χ4v) is 3.88. The van der Waals surface area contributed by atoms with E-state index in [-0.39, 0.29) is 0 Å². The van der Waals surface area contributed by atoms with Gasteiger partial charge in [-0.1, -0.05) is 6.07 Å². The molecule has 1 saturated heterocycles. The summed E-state index contributed by atoms with van der Waals surface area (Å²) in [5.74, 6) is 4.41. The van der Waals surface area contributed by atoms with Crippen LogP contribution in [0.5, 0.6) is 11.5 Å². The molecule has 104 valence electrons. The van der Waals surface area contributed by atoms with Gasteiger partial charge in [0.05, 0.1) is 7.11 Å². The van der Waals surface area contributed by atoms with Crippen molar-refractivity contribution in [2.75, 3.05) is 25.2 Å². The van der Waals surface area contributed by atoms with Gasteiger partial charge in [-0.2, -0.15) is 11.8 Å². The summed E-state index contributed by atoms with van der Waals surface area (Å²) in [4.78, 5) is 0. The van der Waals surface area contributed by atoms with Gasteiger partial charge in [-0.25, -0.2) is 0 Å². The minimum atomic E-state index is 0.449. The second-order valence-electron chi connectivity index (χ2n) is 5.27. The van der Waals surface area contributed by atoms with E-state index in [0.717, 1.165) is 24.5 Å². The van der Waals surface area contributed by atoms with Crippen molar-refractivity contribution in [3.05, 3.63) is 23.8 Å². The fraction of sp³-hybridized carbons (Fsp3) is 0.600. The molecule has 1 fully saturated rings. The van der Waals surface area contributed by atoms with Crippen LogP contribution in [-0.2, 0) is 6.42 Å². The SMILES string of the molecule is COc1ccc2c(c1)OC[C@@H](N[C@H]1CCCSC1)C2. The third kappa shape index (κ3) is 3.18. The number of rotatable bonds is 3. The summed E-state index contributed by atoms with van der Waals surface area (Å²) in [6, 6.07) is 7.23. The highest BCUT2D eigenvalue weighted by Crippen LogP contribution is 2.29. The summed E-state index contributed by atoms with van der Waals surface area (Å²) in [5.41, 5.74) is 1.29. The molecule has 0 aliphatic carbocycles. The quantitative estimate of drug-likeness (QED) is 0.921. The number of ether oxygens (including phenoxy) is 2. The number of hydrogen-bond acceptors (Lipinski definition) is 4. The molecule has 3 rings (SSSR count). The standard InChI is InChI=1S/C15H21NO2S/c1-17-14-5-4-11-7-13(9-18-15(11)8-14)16-12-3-2-6-19-10-12/h4-5,8,12-13,16H,2-3,6-7,9-10H2,1H3/t12-,13-/m0/s1. The Labute approximate surface area is 119 Å². The molecule has 19 heavy (non-hydrogen) atoms. The van der Waals surface area contributed by atoms with E-state index < -0.39 is 0 Å². The van der Waals surface area contributed by atoms with Crippen molar-refractivity contribution in [1.82, 2.24) is 5.32 Å². The predicted octanol–water partition coefficient (Wildman–Crippen LogP) is 2.48.